The highest BCUT2D eigenvalue weighted by Crippen LogP contribution is 2.28. The molecular weight excluding hydrogens is 422 g/mol. The van der Waals surface area contributed by atoms with Crippen LogP contribution in [0.5, 0.6) is 0 Å². The zero-order valence-corrected chi connectivity index (χ0v) is 19.7. The summed E-state index contributed by atoms with van der Waals surface area (Å²) in [7, 11) is 0. The molecule has 0 unspecified atom stereocenters. The molecule has 0 atom stereocenters. The molecule has 0 saturated carbocycles. The first-order valence-electron chi connectivity index (χ1n) is 12.3. The minimum absolute atomic E-state index is 0.232. The molecule has 7 heteroatoms. The van der Waals surface area contributed by atoms with E-state index in [-0.39, 0.29) is 5.82 Å². The second-order valence-corrected chi connectivity index (χ2v) is 8.99. The van der Waals surface area contributed by atoms with Gasteiger partial charge in [-0.05, 0) is 61.1 Å². The summed E-state index contributed by atoms with van der Waals surface area (Å²) < 4.78 is 0. The molecule has 34 heavy (non-hydrogen) atoms. The number of fused-ring (bicyclic) bond motifs is 1. The third-order valence-corrected chi connectivity index (χ3v) is 6.44. The number of rotatable bonds is 5. The van der Waals surface area contributed by atoms with Gasteiger partial charge in [0.2, 0.25) is 5.95 Å². The summed E-state index contributed by atoms with van der Waals surface area (Å²) in [5.41, 5.74) is 17.8. The third kappa shape index (κ3) is 6.04. The van der Waals surface area contributed by atoms with Gasteiger partial charge in [-0.2, -0.15) is 9.97 Å². The molecule has 0 amide bonds. The Morgan fingerprint density at radius 3 is 2.15 bits per heavy atom. The van der Waals surface area contributed by atoms with Gasteiger partial charge in [0, 0.05) is 11.9 Å². The van der Waals surface area contributed by atoms with Gasteiger partial charge >= 0.3 is 0 Å². The molecule has 2 aromatic carbocycles. The largest absolute Gasteiger partial charge is 0.397 e. The lowest BCUT2D eigenvalue weighted by molar-refractivity contribution is 0.560. The molecule has 7 nitrogen and oxygen atoms in total. The predicted octanol–water partition coefficient (Wildman–Crippen LogP) is 6.35. The van der Waals surface area contributed by atoms with Gasteiger partial charge in [-0.1, -0.05) is 56.7 Å². The van der Waals surface area contributed by atoms with Gasteiger partial charge in [0.25, 0.3) is 0 Å². The van der Waals surface area contributed by atoms with Gasteiger partial charge in [0.05, 0.1) is 16.9 Å². The fourth-order valence-electron chi connectivity index (χ4n) is 4.52. The number of nitrogens with one attached hydrogen (secondary N) is 3. The number of para-hydroxylation sites is 2. The molecule has 1 heterocycles. The van der Waals surface area contributed by atoms with E-state index in [0.29, 0.717) is 28.7 Å². The molecule has 0 spiro atoms. The van der Waals surface area contributed by atoms with Gasteiger partial charge in [-0.3, -0.25) is 0 Å². The van der Waals surface area contributed by atoms with Crippen LogP contribution in [0.4, 0.5) is 34.6 Å². The summed E-state index contributed by atoms with van der Waals surface area (Å²) in [5.74, 6) is 1.05. The van der Waals surface area contributed by atoms with Gasteiger partial charge in [0.1, 0.15) is 11.6 Å². The standard InChI is InChI=1S/C27H35N7/c28-18-22-25(30)33-27(34-26(22)32-24-14-10-9-13-23(24)29)31-21-16-15-19-11-7-5-3-1-2-4-6-8-12-20(19)17-21/h9-10,13-18,28H,1-8,11-12,29H2,(H4,30,31,32,33,34). The Hall–Kier alpha value is -3.61. The summed E-state index contributed by atoms with van der Waals surface area (Å²) in [6.07, 6.45) is 13.9. The Kier molecular flexibility index (Phi) is 7.96. The van der Waals surface area contributed by atoms with Crippen molar-refractivity contribution in [2.24, 2.45) is 0 Å². The fraction of sp³-hybridized carbons (Fsp3) is 0.370. The smallest absolute Gasteiger partial charge is 0.231 e. The van der Waals surface area contributed by atoms with Crippen molar-refractivity contribution in [3.8, 4) is 0 Å². The van der Waals surface area contributed by atoms with Crippen molar-refractivity contribution < 1.29 is 0 Å². The summed E-state index contributed by atoms with van der Waals surface area (Å²) in [6.45, 7) is 0. The lowest BCUT2D eigenvalue weighted by atomic mass is 9.94. The van der Waals surface area contributed by atoms with E-state index in [2.05, 4.69) is 38.8 Å². The van der Waals surface area contributed by atoms with Crippen molar-refractivity contribution in [3.05, 3.63) is 59.2 Å². The van der Waals surface area contributed by atoms with Crippen LogP contribution >= 0.6 is 0 Å². The maximum absolute atomic E-state index is 7.77. The molecule has 1 aliphatic rings. The van der Waals surface area contributed by atoms with Crippen molar-refractivity contribution in [3.63, 3.8) is 0 Å². The van der Waals surface area contributed by atoms with Crippen molar-refractivity contribution in [1.82, 2.24) is 9.97 Å². The zero-order chi connectivity index (χ0) is 23.8. The summed E-state index contributed by atoms with van der Waals surface area (Å²) in [4.78, 5) is 9.00. The molecular formula is C27H35N7. The summed E-state index contributed by atoms with van der Waals surface area (Å²) in [6, 6.07) is 14.0. The highest BCUT2D eigenvalue weighted by molar-refractivity contribution is 5.92. The first-order valence-corrected chi connectivity index (χ1v) is 12.3. The van der Waals surface area contributed by atoms with Crippen molar-refractivity contribution >= 4 is 40.9 Å². The number of nitrogens with two attached hydrogens (primary N) is 2. The normalized spacial score (nSPS) is 14.8. The molecule has 4 rings (SSSR count). The molecule has 0 aliphatic heterocycles. The second-order valence-electron chi connectivity index (χ2n) is 8.99. The van der Waals surface area contributed by atoms with E-state index >= 15 is 0 Å². The van der Waals surface area contributed by atoms with E-state index in [1.165, 1.54) is 62.5 Å². The topological polar surface area (TPSA) is 126 Å². The van der Waals surface area contributed by atoms with Crippen LogP contribution in [-0.2, 0) is 12.8 Å². The van der Waals surface area contributed by atoms with Crippen LogP contribution in [0, 0.1) is 5.41 Å². The number of anilines is 6. The molecule has 0 fully saturated rings. The van der Waals surface area contributed by atoms with Crippen LogP contribution in [0.15, 0.2) is 42.5 Å². The van der Waals surface area contributed by atoms with E-state index < -0.39 is 0 Å². The Morgan fingerprint density at radius 2 is 1.44 bits per heavy atom. The Bertz CT molecular complexity index is 1130. The highest BCUT2D eigenvalue weighted by Gasteiger charge is 2.13. The maximum atomic E-state index is 7.77. The minimum Gasteiger partial charge on any atom is -0.397 e. The van der Waals surface area contributed by atoms with Crippen LogP contribution < -0.4 is 22.1 Å². The predicted molar refractivity (Wildman–Crippen MR) is 143 cm³/mol. The Morgan fingerprint density at radius 1 is 0.765 bits per heavy atom. The van der Waals surface area contributed by atoms with Gasteiger partial charge < -0.3 is 27.5 Å². The molecule has 0 radical (unpaired) electrons. The number of hydrogen-bond acceptors (Lipinski definition) is 7. The zero-order valence-electron chi connectivity index (χ0n) is 19.7. The first-order chi connectivity index (χ1) is 16.6. The van der Waals surface area contributed by atoms with E-state index in [9.17, 15) is 0 Å². The van der Waals surface area contributed by atoms with Gasteiger partial charge in [0.15, 0.2) is 0 Å². The summed E-state index contributed by atoms with van der Waals surface area (Å²) in [5, 5.41) is 14.3. The number of hydrogen-bond donors (Lipinski definition) is 5. The number of nitrogen functional groups attached to an aromatic ring is 2. The maximum Gasteiger partial charge on any atom is 0.231 e. The molecule has 0 bridgehead atoms. The van der Waals surface area contributed by atoms with Crippen LogP contribution in [0.3, 0.4) is 0 Å². The molecule has 0 saturated heterocycles. The molecule has 1 aromatic heterocycles. The van der Waals surface area contributed by atoms with Crippen LogP contribution in [0.2, 0.25) is 0 Å². The van der Waals surface area contributed by atoms with E-state index in [1.54, 1.807) is 0 Å². The molecule has 3 aromatic rings. The number of nitrogens with zero attached hydrogens (tertiary/aromatic N) is 2. The van der Waals surface area contributed by atoms with Crippen molar-refractivity contribution in [2.45, 2.75) is 64.2 Å². The Labute approximate surface area is 201 Å². The minimum atomic E-state index is 0.232. The summed E-state index contributed by atoms with van der Waals surface area (Å²) >= 11 is 0. The van der Waals surface area contributed by atoms with Crippen LogP contribution in [-0.4, -0.2) is 16.2 Å². The lowest BCUT2D eigenvalue weighted by Gasteiger charge is -2.16. The number of aromatic nitrogens is 2. The molecule has 7 N–H and O–H groups in total. The van der Waals surface area contributed by atoms with Crippen LogP contribution in [0.25, 0.3) is 0 Å². The van der Waals surface area contributed by atoms with E-state index in [1.807, 2.05) is 24.3 Å². The fourth-order valence-corrected chi connectivity index (χ4v) is 4.52. The second kappa shape index (κ2) is 11.5. The number of benzene rings is 2. The van der Waals surface area contributed by atoms with E-state index in [0.717, 1.165) is 24.7 Å². The third-order valence-electron chi connectivity index (χ3n) is 6.44. The SMILES string of the molecule is N=Cc1c(N)nc(Nc2ccc3c(c2)CCCCCCCCCC3)nc1Nc1ccccc1N. The van der Waals surface area contributed by atoms with E-state index in [4.69, 9.17) is 16.9 Å². The number of aryl methyl sites for hydroxylation is 2. The average molecular weight is 458 g/mol. The highest BCUT2D eigenvalue weighted by atomic mass is 15.2. The lowest BCUT2D eigenvalue weighted by Crippen LogP contribution is -2.09. The first kappa shape index (κ1) is 23.5. The Balaban J connectivity index is 1.58. The van der Waals surface area contributed by atoms with Gasteiger partial charge in [-0.15, -0.1) is 0 Å². The van der Waals surface area contributed by atoms with Gasteiger partial charge in [-0.25, -0.2) is 0 Å². The van der Waals surface area contributed by atoms with Crippen molar-refractivity contribution in [1.29, 1.82) is 5.41 Å². The monoisotopic (exact) mass is 457 g/mol. The molecule has 178 valence electrons. The molecule has 1 aliphatic carbocycles. The van der Waals surface area contributed by atoms with Crippen LogP contribution in [0.1, 0.15) is 68.1 Å². The van der Waals surface area contributed by atoms with Crippen molar-refractivity contribution in [2.75, 3.05) is 22.1 Å². The quantitative estimate of drug-likeness (QED) is 0.225. The average Bonchev–Trinajstić information content (AvgIpc) is 2.81.